The first-order valence-corrected chi connectivity index (χ1v) is 10.7. The van der Waals surface area contributed by atoms with Crippen LogP contribution in [0.15, 0.2) is 47.1 Å². The maximum Gasteiger partial charge on any atom is 0.251 e. The van der Waals surface area contributed by atoms with Crippen LogP contribution in [-0.2, 0) is 9.59 Å². The van der Waals surface area contributed by atoms with Gasteiger partial charge < -0.3 is 15.5 Å². The fourth-order valence-electron chi connectivity index (χ4n) is 3.47. The lowest BCUT2D eigenvalue weighted by Crippen LogP contribution is -2.51. The van der Waals surface area contributed by atoms with E-state index in [9.17, 15) is 14.4 Å². The number of piperidine rings is 1. The molecule has 3 rings (SSSR count). The highest BCUT2D eigenvalue weighted by atomic mass is 79.9. The van der Waals surface area contributed by atoms with Crippen LogP contribution < -0.4 is 10.6 Å². The van der Waals surface area contributed by atoms with Crippen molar-refractivity contribution in [3.8, 4) is 0 Å². The maximum absolute atomic E-state index is 12.9. The Morgan fingerprint density at radius 1 is 1.23 bits per heavy atom. The number of carbonyl (C=O) groups excluding carboxylic acids is 3. The van der Waals surface area contributed by atoms with Gasteiger partial charge in [0.2, 0.25) is 11.8 Å². The van der Waals surface area contributed by atoms with E-state index in [0.29, 0.717) is 30.9 Å². The molecule has 1 aliphatic rings. The van der Waals surface area contributed by atoms with E-state index in [4.69, 9.17) is 0 Å². The summed E-state index contributed by atoms with van der Waals surface area (Å²) in [5.41, 5.74) is 1.50. The molecular formula is C22H25BrN4O3. The van der Waals surface area contributed by atoms with Crippen LogP contribution in [0.25, 0.3) is 0 Å². The number of nitrogens with zero attached hydrogens (tertiary/aromatic N) is 2. The van der Waals surface area contributed by atoms with Gasteiger partial charge in [-0.2, -0.15) is 0 Å². The maximum atomic E-state index is 12.9. The molecule has 0 spiro atoms. The lowest BCUT2D eigenvalue weighted by atomic mass is 9.96. The topological polar surface area (TPSA) is 91.4 Å². The number of benzene rings is 1. The molecule has 2 heterocycles. The van der Waals surface area contributed by atoms with Gasteiger partial charge in [-0.15, -0.1) is 0 Å². The molecule has 2 N–H and O–H groups in total. The number of pyridine rings is 1. The summed E-state index contributed by atoms with van der Waals surface area (Å²) in [6, 6.07) is 10.1. The quantitative estimate of drug-likeness (QED) is 0.698. The molecule has 1 aromatic carbocycles. The fraction of sp³-hybridized carbons (Fsp3) is 0.364. The van der Waals surface area contributed by atoms with Crippen molar-refractivity contribution in [1.82, 2.24) is 15.2 Å². The number of hydrogen-bond donors (Lipinski definition) is 2. The third kappa shape index (κ3) is 5.66. The first kappa shape index (κ1) is 22.0. The second-order valence-corrected chi connectivity index (χ2v) is 8.45. The van der Waals surface area contributed by atoms with Gasteiger partial charge in [-0.3, -0.25) is 14.4 Å². The Kier molecular flexibility index (Phi) is 7.20. The highest BCUT2D eigenvalue weighted by Gasteiger charge is 2.31. The molecular weight excluding hydrogens is 448 g/mol. The predicted octanol–water partition coefficient (Wildman–Crippen LogP) is 3.15. The summed E-state index contributed by atoms with van der Waals surface area (Å²) in [5, 5.41) is 5.57. The molecule has 30 heavy (non-hydrogen) atoms. The van der Waals surface area contributed by atoms with E-state index in [-0.39, 0.29) is 23.6 Å². The van der Waals surface area contributed by atoms with Crippen LogP contribution in [0.2, 0.25) is 0 Å². The molecule has 1 saturated heterocycles. The second kappa shape index (κ2) is 9.84. The minimum atomic E-state index is -0.673. The number of hydrogen-bond acceptors (Lipinski definition) is 4. The number of amides is 3. The lowest BCUT2D eigenvalue weighted by Gasteiger charge is -2.33. The van der Waals surface area contributed by atoms with Crippen LogP contribution in [0.1, 0.15) is 35.7 Å². The lowest BCUT2D eigenvalue weighted by molar-refractivity contribution is -0.136. The molecule has 2 aromatic rings. The molecule has 0 radical (unpaired) electrons. The molecule has 7 nitrogen and oxygen atoms in total. The van der Waals surface area contributed by atoms with E-state index in [2.05, 4.69) is 31.5 Å². The first-order valence-electron chi connectivity index (χ1n) is 9.92. The summed E-state index contributed by atoms with van der Waals surface area (Å²) >= 11 is 3.31. The van der Waals surface area contributed by atoms with E-state index >= 15 is 0 Å². The zero-order chi connectivity index (χ0) is 21.7. The van der Waals surface area contributed by atoms with Crippen molar-refractivity contribution in [3.05, 3.63) is 58.2 Å². The Balaban J connectivity index is 1.57. The smallest absolute Gasteiger partial charge is 0.251 e. The van der Waals surface area contributed by atoms with Gasteiger partial charge in [-0.1, -0.05) is 17.7 Å². The minimum Gasteiger partial charge on any atom is -0.341 e. The Hall–Kier alpha value is -2.74. The van der Waals surface area contributed by atoms with Gasteiger partial charge in [0.05, 0.1) is 5.92 Å². The van der Waals surface area contributed by atoms with E-state index in [1.54, 1.807) is 42.3 Å². The predicted molar refractivity (Wildman–Crippen MR) is 118 cm³/mol. The van der Waals surface area contributed by atoms with Crippen molar-refractivity contribution in [2.75, 3.05) is 18.4 Å². The Bertz CT molecular complexity index is 932. The monoisotopic (exact) mass is 472 g/mol. The van der Waals surface area contributed by atoms with Crippen LogP contribution in [0, 0.1) is 12.8 Å². The molecule has 8 heteroatoms. The molecule has 1 aromatic heterocycles. The van der Waals surface area contributed by atoms with Gasteiger partial charge in [-0.05, 0) is 66.9 Å². The van der Waals surface area contributed by atoms with Crippen LogP contribution in [0.3, 0.4) is 0 Å². The largest absolute Gasteiger partial charge is 0.341 e. The van der Waals surface area contributed by atoms with Crippen LogP contribution in [0.5, 0.6) is 0 Å². The molecule has 0 aliphatic carbocycles. The molecule has 2 atom stereocenters. The SMILES string of the molecule is Cc1cccc(C(=O)NC(C)C(=O)N2CCCC(C(=O)Nc3ccc(Br)cn3)C2)c1. The number of rotatable bonds is 5. The summed E-state index contributed by atoms with van der Waals surface area (Å²) < 4.78 is 0.830. The molecule has 2 unspecified atom stereocenters. The number of halogens is 1. The molecule has 0 bridgehead atoms. The van der Waals surface area contributed by atoms with Gasteiger partial charge in [0, 0.05) is 29.3 Å². The van der Waals surface area contributed by atoms with Gasteiger partial charge >= 0.3 is 0 Å². The first-order chi connectivity index (χ1) is 14.3. The molecule has 1 aliphatic heterocycles. The number of aryl methyl sites for hydroxylation is 1. The third-order valence-corrected chi connectivity index (χ3v) is 5.55. The van der Waals surface area contributed by atoms with Crippen molar-refractivity contribution in [2.24, 2.45) is 5.92 Å². The number of likely N-dealkylation sites (tertiary alicyclic amines) is 1. The Morgan fingerprint density at radius 2 is 2.03 bits per heavy atom. The Morgan fingerprint density at radius 3 is 2.73 bits per heavy atom. The third-order valence-electron chi connectivity index (χ3n) is 5.08. The van der Waals surface area contributed by atoms with Crippen LogP contribution in [-0.4, -0.2) is 46.7 Å². The van der Waals surface area contributed by atoms with Gasteiger partial charge in [-0.25, -0.2) is 4.98 Å². The fourth-order valence-corrected chi connectivity index (χ4v) is 3.71. The highest BCUT2D eigenvalue weighted by molar-refractivity contribution is 9.10. The summed E-state index contributed by atoms with van der Waals surface area (Å²) in [4.78, 5) is 43.7. The van der Waals surface area contributed by atoms with Crippen LogP contribution in [0.4, 0.5) is 5.82 Å². The zero-order valence-corrected chi connectivity index (χ0v) is 18.6. The minimum absolute atomic E-state index is 0.154. The van der Waals surface area contributed by atoms with E-state index in [1.165, 1.54) is 0 Å². The molecule has 158 valence electrons. The van der Waals surface area contributed by atoms with Gasteiger partial charge in [0.25, 0.3) is 5.91 Å². The summed E-state index contributed by atoms with van der Waals surface area (Å²) in [5.74, 6) is -0.459. The summed E-state index contributed by atoms with van der Waals surface area (Å²) in [6.07, 6.45) is 3.05. The van der Waals surface area contributed by atoms with Crippen molar-refractivity contribution in [1.29, 1.82) is 0 Å². The highest BCUT2D eigenvalue weighted by Crippen LogP contribution is 2.20. The second-order valence-electron chi connectivity index (χ2n) is 7.54. The normalized spacial score (nSPS) is 17.2. The summed E-state index contributed by atoms with van der Waals surface area (Å²) in [7, 11) is 0. The van der Waals surface area contributed by atoms with Crippen molar-refractivity contribution in [2.45, 2.75) is 32.7 Å². The molecule has 3 amide bonds. The molecule has 0 saturated carbocycles. The number of carbonyl (C=O) groups is 3. The standard InChI is InChI=1S/C22H25BrN4O3/c1-14-5-3-6-16(11-14)20(28)25-15(2)22(30)27-10-4-7-17(13-27)21(29)26-19-9-8-18(23)12-24-19/h3,5-6,8-9,11-12,15,17H,4,7,10,13H2,1-2H3,(H,25,28)(H,24,26,29). The van der Waals surface area contributed by atoms with Gasteiger partial charge in [0.1, 0.15) is 11.9 Å². The summed E-state index contributed by atoms with van der Waals surface area (Å²) in [6.45, 7) is 4.48. The average Bonchev–Trinajstić information content (AvgIpc) is 2.74. The Labute approximate surface area is 184 Å². The van der Waals surface area contributed by atoms with Crippen LogP contribution >= 0.6 is 15.9 Å². The van der Waals surface area contributed by atoms with Crippen molar-refractivity contribution >= 4 is 39.5 Å². The van der Waals surface area contributed by atoms with E-state index in [1.807, 2.05) is 19.1 Å². The average molecular weight is 473 g/mol. The van der Waals surface area contributed by atoms with E-state index in [0.717, 1.165) is 16.5 Å². The number of aromatic nitrogens is 1. The number of anilines is 1. The number of nitrogens with one attached hydrogen (secondary N) is 2. The zero-order valence-electron chi connectivity index (χ0n) is 17.0. The van der Waals surface area contributed by atoms with E-state index < -0.39 is 6.04 Å². The van der Waals surface area contributed by atoms with Crippen molar-refractivity contribution < 1.29 is 14.4 Å². The molecule has 1 fully saturated rings. The van der Waals surface area contributed by atoms with Crippen molar-refractivity contribution in [3.63, 3.8) is 0 Å². The van der Waals surface area contributed by atoms with Gasteiger partial charge in [0.15, 0.2) is 0 Å².